The lowest BCUT2D eigenvalue weighted by atomic mass is 9.99. The van der Waals surface area contributed by atoms with E-state index in [1.807, 2.05) is 57.4 Å². The summed E-state index contributed by atoms with van der Waals surface area (Å²) in [6.07, 6.45) is 1.65. The van der Waals surface area contributed by atoms with Gasteiger partial charge in [0.15, 0.2) is 0 Å². The monoisotopic (exact) mass is 394 g/mol. The van der Waals surface area contributed by atoms with Crippen LogP contribution in [0.15, 0.2) is 42.7 Å². The Hall–Kier alpha value is -3.02. The molecule has 0 bridgehead atoms. The number of nitrogens with one attached hydrogen (secondary N) is 1. The molecular formula is C23H27FN4O. The molecule has 6 heteroatoms. The number of nitrogens with zero attached hydrogens (tertiary/aromatic N) is 3. The summed E-state index contributed by atoms with van der Waals surface area (Å²) in [4.78, 5) is 12.9. The molecule has 0 saturated carbocycles. The Morgan fingerprint density at radius 3 is 2.45 bits per heavy atom. The SMILES string of the molecule is Cc1cc(-c2cc(C(=O)NC(C)(C)C)cc(-n3cnnc3C(C)C)c2)ccc1F. The zero-order chi connectivity index (χ0) is 21.3. The first-order valence-corrected chi connectivity index (χ1v) is 9.69. The summed E-state index contributed by atoms with van der Waals surface area (Å²) >= 11 is 0. The Morgan fingerprint density at radius 1 is 1.10 bits per heavy atom. The summed E-state index contributed by atoms with van der Waals surface area (Å²) in [5.41, 5.74) is 3.18. The molecule has 0 unspecified atom stereocenters. The van der Waals surface area contributed by atoms with E-state index in [4.69, 9.17) is 0 Å². The first kappa shape index (κ1) is 20.7. The van der Waals surface area contributed by atoms with Crippen molar-refractivity contribution in [3.05, 3.63) is 65.5 Å². The fourth-order valence-corrected chi connectivity index (χ4v) is 3.12. The van der Waals surface area contributed by atoms with E-state index in [0.717, 1.165) is 22.6 Å². The molecule has 0 radical (unpaired) electrons. The minimum absolute atomic E-state index is 0.168. The summed E-state index contributed by atoms with van der Waals surface area (Å²) in [6.45, 7) is 11.6. The molecule has 2 aromatic carbocycles. The maximum absolute atomic E-state index is 13.8. The van der Waals surface area contributed by atoms with Crippen LogP contribution in [0.1, 0.15) is 62.3 Å². The van der Waals surface area contributed by atoms with Crippen LogP contribution in [0.3, 0.4) is 0 Å². The van der Waals surface area contributed by atoms with Gasteiger partial charge in [0.1, 0.15) is 18.0 Å². The molecule has 29 heavy (non-hydrogen) atoms. The highest BCUT2D eigenvalue weighted by atomic mass is 19.1. The molecule has 0 spiro atoms. The molecule has 1 amide bonds. The first-order valence-electron chi connectivity index (χ1n) is 9.69. The third kappa shape index (κ3) is 4.70. The number of aryl methyl sites for hydroxylation is 1. The van der Waals surface area contributed by atoms with Gasteiger partial charge in [-0.2, -0.15) is 0 Å². The van der Waals surface area contributed by atoms with Crippen molar-refractivity contribution >= 4 is 5.91 Å². The van der Waals surface area contributed by atoms with Gasteiger partial charge in [-0.25, -0.2) is 4.39 Å². The fraction of sp³-hybridized carbons (Fsp3) is 0.348. The van der Waals surface area contributed by atoms with Crippen LogP contribution < -0.4 is 5.32 Å². The molecule has 0 saturated heterocycles. The van der Waals surface area contributed by atoms with Gasteiger partial charge in [0.25, 0.3) is 5.91 Å². The molecule has 1 N–H and O–H groups in total. The molecule has 152 valence electrons. The highest BCUT2D eigenvalue weighted by molar-refractivity contribution is 5.96. The fourth-order valence-electron chi connectivity index (χ4n) is 3.12. The number of halogens is 1. The van der Waals surface area contributed by atoms with E-state index < -0.39 is 0 Å². The molecule has 0 atom stereocenters. The molecule has 1 aromatic heterocycles. The predicted octanol–water partition coefficient (Wildman–Crippen LogP) is 5.03. The molecule has 3 aromatic rings. The highest BCUT2D eigenvalue weighted by Crippen LogP contribution is 2.27. The smallest absolute Gasteiger partial charge is 0.251 e. The van der Waals surface area contributed by atoms with Gasteiger partial charge in [0, 0.05) is 22.7 Å². The van der Waals surface area contributed by atoms with Gasteiger partial charge in [0.2, 0.25) is 0 Å². The minimum Gasteiger partial charge on any atom is -0.347 e. The molecule has 0 aliphatic heterocycles. The third-order valence-corrected chi connectivity index (χ3v) is 4.53. The molecule has 0 aliphatic carbocycles. The van der Waals surface area contributed by atoms with Gasteiger partial charge in [0.05, 0.1) is 0 Å². The molecular weight excluding hydrogens is 367 g/mol. The molecule has 3 rings (SSSR count). The van der Waals surface area contributed by atoms with Gasteiger partial charge in [-0.15, -0.1) is 10.2 Å². The number of benzene rings is 2. The third-order valence-electron chi connectivity index (χ3n) is 4.53. The highest BCUT2D eigenvalue weighted by Gasteiger charge is 2.19. The quantitative estimate of drug-likeness (QED) is 0.675. The van der Waals surface area contributed by atoms with E-state index in [1.165, 1.54) is 6.07 Å². The molecule has 5 nitrogen and oxygen atoms in total. The van der Waals surface area contributed by atoms with Crippen molar-refractivity contribution in [3.8, 4) is 16.8 Å². The first-order chi connectivity index (χ1) is 13.5. The van der Waals surface area contributed by atoms with Crippen molar-refractivity contribution in [2.24, 2.45) is 0 Å². The van der Waals surface area contributed by atoms with E-state index in [0.29, 0.717) is 11.1 Å². The van der Waals surface area contributed by atoms with E-state index in [1.54, 1.807) is 25.4 Å². The Balaban J connectivity index is 2.17. The molecule has 0 fully saturated rings. The lowest BCUT2D eigenvalue weighted by molar-refractivity contribution is 0.0919. The molecule has 1 heterocycles. The average Bonchev–Trinajstić information content (AvgIpc) is 3.12. The van der Waals surface area contributed by atoms with Gasteiger partial charge in [-0.1, -0.05) is 19.9 Å². The summed E-state index contributed by atoms with van der Waals surface area (Å²) in [5.74, 6) is 0.552. The summed E-state index contributed by atoms with van der Waals surface area (Å²) < 4.78 is 15.7. The summed E-state index contributed by atoms with van der Waals surface area (Å²) in [5, 5.41) is 11.3. The Morgan fingerprint density at radius 2 is 1.83 bits per heavy atom. The van der Waals surface area contributed by atoms with Crippen LogP contribution in [0.25, 0.3) is 16.8 Å². The number of aromatic nitrogens is 3. The van der Waals surface area contributed by atoms with Crippen LogP contribution in [0.2, 0.25) is 0 Å². The van der Waals surface area contributed by atoms with Crippen molar-refractivity contribution in [1.82, 2.24) is 20.1 Å². The van der Waals surface area contributed by atoms with Crippen molar-refractivity contribution in [3.63, 3.8) is 0 Å². The topological polar surface area (TPSA) is 59.8 Å². The zero-order valence-electron chi connectivity index (χ0n) is 17.7. The summed E-state index contributed by atoms with van der Waals surface area (Å²) in [7, 11) is 0. The van der Waals surface area contributed by atoms with Crippen molar-refractivity contribution in [1.29, 1.82) is 0 Å². The van der Waals surface area contributed by atoms with Crippen LogP contribution in [-0.4, -0.2) is 26.2 Å². The Kier molecular flexibility index (Phi) is 5.55. The standard InChI is InChI=1S/C23H27FN4O/c1-14(2)21-27-25-13-28(21)19-11-17(16-7-8-20(24)15(3)9-16)10-18(12-19)22(29)26-23(4,5)6/h7-14H,1-6H3,(H,26,29). The molecule has 0 aliphatic rings. The zero-order valence-corrected chi connectivity index (χ0v) is 17.7. The second-order valence-corrected chi connectivity index (χ2v) is 8.65. The second-order valence-electron chi connectivity index (χ2n) is 8.65. The van der Waals surface area contributed by atoms with Gasteiger partial charge in [-0.05, 0) is 74.7 Å². The lowest BCUT2D eigenvalue weighted by Gasteiger charge is -2.21. The number of carbonyl (C=O) groups is 1. The Labute approximate surface area is 171 Å². The number of hydrogen-bond acceptors (Lipinski definition) is 3. The largest absolute Gasteiger partial charge is 0.347 e. The van der Waals surface area contributed by atoms with Gasteiger partial charge in [-0.3, -0.25) is 9.36 Å². The Bertz CT molecular complexity index is 1050. The second kappa shape index (κ2) is 7.78. The van der Waals surface area contributed by atoms with Crippen molar-refractivity contribution < 1.29 is 9.18 Å². The minimum atomic E-state index is -0.362. The lowest BCUT2D eigenvalue weighted by Crippen LogP contribution is -2.40. The van der Waals surface area contributed by atoms with Gasteiger partial charge < -0.3 is 5.32 Å². The van der Waals surface area contributed by atoms with Crippen molar-refractivity contribution in [2.75, 3.05) is 0 Å². The maximum Gasteiger partial charge on any atom is 0.251 e. The van der Waals surface area contributed by atoms with Crippen LogP contribution in [0.4, 0.5) is 4.39 Å². The van der Waals surface area contributed by atoms with Crippen LogP contribution >= 0.6 is 0 Å². The van der Waals surface area contributed by atoms with Crippen LogP contribution in [-0.2, 0) is 0 Å². The number of rotatable bonds is 4. The van der Waals surface area contributed by atoms with E-state index in [9.17, 15) is 9.18 Å². The van der Waals surface area contributed by atoms with E-state index in [-0.39, 0.29) is 23.2 Å². The number of carbonyl (C=O) groups excluding carboxylic acids is 1. The number of amides is 1. The van der Waals surface area contributed by atoms with E-state index >= 15 is 0 Å². The predicted molar refractivity (Wildman–Crippen MR) is 113 cm³/mol. The van der Waals surface area contributed by atoms with E-state index in [2.05, 4.69) is 15.5 Å². The maximum atomic E-state index is 13.8. The van der Waals surface area contributed by atoms with Crippen LogP contribution in [0, 0.1) is 12.7 Å². The van der Waals surface area contributed by atoms with Gasteiger partial charge >= 0.3 is 0 Å². The van der Waals surface area contributed by atoms with Crippen molar-refractivity contribution in [2.45, 2.75) is 53.0 Å². The normalized spacial score (nSPS) is 11.7. The average molecular weight is 394 g/mol. The summed E-state index contributed by atoms with van der Waals surface area (Å²) in [6, 6.07) is 10.6. The van der Waals surface area contributed by atoms with Crippen LogP contribution in [0.5, 0.6) is 0 Å². The number of hydrogen-bond donors (Lipinski definition) is 1.